The third-order valence-corrected chi connectivity index (χ3v) is 4.30. The molecule has 0 unspecified atom stereocenters. The predicted octanol–water partition coefficient (Wildman–Crippen LogP) is 4.36. The van der Waals surface area contributed by atoms with Gasteiger partial charge in [0.05, 0.1) is 0 Å². The fourth-order valence-electron chi connectivity index (χ4n) is 2.90. The first-order valence-corrected chi connectivity index (χ1v) is 7.13. The number of piperidine rings is 1. The lowest BCUT2D eigenvalue weighted by Crippen LogP contribution is -2.37. The molecule has 1 saturated heterocycles. The number of rotatable bonds is 2. The van der Waals surface area contributed by atoms with Crippen molar-refractivity contribution in [2.75, 3.05) is 13.1 Å². The molecule has 0 aromatic heterocycles. The average molecular weight is 285 g/mol. The number of hydrogen-bond donors (Lipinski definition) is 0. The number of likely N-dealkylation sites (tertiary alicyclic amines) is 1. The molecular formula is C16H22F3N. The molecule has 112 valence electrons. The predicted molar refractivity (Wildman–Crippen MR) is 73.8 cm³/mol. The van der Waals surface area contributed by atoms with Crippen LogP contribution >= 0.6 is 0 Å². The van der Waals surface area contributed by atoms with Crippen LogP contribution in [0.4, 0.5) is 13.2 Å². The van der Waals surface area contributed by atoms with Gasteiger partial charge in [-0.15, -0.1) is 0 Å². The maximum atomic E-state index is 13.6. The van der Waals surface area contributed by atoms with Gasteiger partial charge in [-0.1, -0.05) is 20.8 Å². The molecule has 1 nitrogen and oxygen atoms in total. The number of nitrogens with zero attached hydrogens (tertiary/aromatic N) is 1. The Bertz CT molecular complexity index is 448. The fourth-order valence-corrected chi connectivity index (χ4v) is 2.90. The van der Waals surface area contributed by atoms with Crippen LogP contribution in [0.5, 0.6) is 0 Å². The van der Waals surface area contributed by atoms with Crippen molar-refractivity contribution in [1.29, 1.82) is 0 Å². The Morgan fingerprint density at radius 2 is 1.55 bits per heavy atom. The molecule has 1 fully saturated rings. The van der Waals surface area contributed by atoms with E-state index >= 15 is 0 Å². The van der Waals surface area contributed by atoms with E-state index < -0.39 is 17.5 Å². The van der Waals surface area contributed by atoms with Gasteiger partial charge in [-0.05, 0) is 37.3 Å². The van der Waals surface area contributed by atoms with Crippen molar-refractivity contribution >= 4 is 0 Å². The van der Waals surface area contributed by atoms with Gasteiger partial charge in [0.2, 0.25) is 0 Å². The van der Waals surface area contributed by atoms with Gasteiger partial charge in [-0.3, -0.25) is 4.90 Å². The third kappa shape index (κ3) is 3.54. The van der Waals surface area contributed by atoms with E-state index in [4.69, 9.17) is 0 Å². The Kier molecular flexibility index (Phi) is 4.43. The van der Waals surface area contributed by atoms with E-state index in [1.54, 1.807) is 0 Å². The van der Waals surface area contributed by atoms with Crippen LogP contribution in [-0.2, 0) is 6.54 Å². The first-order chi connectivity index (χ1) is 9.27. The summed E-state index contributed by atoms with van der Waals surface area (Å²) in [5, 5.41) is 0. The minimum atomic E-state index is -0.866. The van der Waals surface area contributed by atoms with Crippen molar-refractivity contribution < 1.29 is 13.2 Å². The van der Waals surface area contributed by atoms with Crippen LogP contribution in [0.1, 0.15) is 39.2 Å². The van der Waals surface area contributed by atoms with E-state index in [2.05, 4.69) is 20.8 Å². The summed E-state index contributed by atoms with van der Waals surface area (Å²) in [5.74, 6) is -1.81. The third-order valence-electron chi connectivity index (χ3n) is 4.30. The highest BCUT2D eigenvalue weighted by atomic mass is 19.1. The Morgan fingerprint density at radius 3 is 2.00 bits per heavy atom. The first kappa shape index (κ1) is 15.4. The first-order valence-electron chi connectivity index (χ1n) is 7.13. The largest absolute Gasteiger partial charge is 0.299 e. The van der Waals surface area contributed by atoms with E-state index in [-0.39, 0.29) is 17.5 Å². The van der Waals surface area contributed by atoms with Crippen molar-refractivity contribution in [2.45, 2.75) is 40.2 Å². The zero-order valence-electron chi connectivity index (χ0n) is 12.3. The molecule has 0 N–H and O–H groups in total. The summed E-state index contributed by atoms with van der Waals surface area (Å²) < 4.78 is 40.1. The molecule has 1 aliphatic rings. The summed E-state index contributed by atoms with van der Waals surface area (Å²) in [6.07, 6.45) is 2.07. The van der Waals surface area contributed by atoms with E-state index in [1.165, 1.54) is 0 Å². The van der Waals surface area contributed by atoms with Gasteiger partial charge in [-0.2, -0.15) is 0 Å². The SMILES string of the molecule is CC(C)(C)C1CCN(Cc2c(F)cc(F)cc2F)CC1. The molecule has 2 rings (SSSR count). The van der Waals surface area contributed by atoms with Gasteiger partial charge in [0.25, 0.3) is 0 Å². The number of benzene rings is 1. The van der Waals surface area contributed by atoms with Crippen LogP contribution in [-0.4, -0.2) is 18.0 Å². The molecule has 0 radical (unpaired) electrons. The Hall–Kier alpha value is -1.03. The standard InChI is InChI=1S/C16H22F3N/c1-16(2,3)11-4-6-20(7-5-11)10-13-14(18)8-12(17)9-15(13)19/h8-9,11H,4-7,10H2,1-3H3. The van der Waals surface area contributed by atoms with Crippen LogP contribution in [0.15, 0.2) is 12.1 Å². The fraction of sp³-hybridized carbons (Fsp3) is 0.625. The molecule has 0 aliphatic carbocycles. The lowest BCUT2D eigenvalue weighted by molar-refractivity contribution is 0.106. The lowest BCUT2D eigenvalue weighted by atomic mass is 9.75. The van der Waals surface area contributed by atoms with Crippen LogP contribution in [0.2, 0.25) is 0 Å². The van der Waals surface area contributed by atoms with Gasteiger partial charge in [0.15, 0.2) is 0 Å². The van der Waals surface area contributed by atoms with E-state index in [1.807, 2.05) is 4.90 Å². The Labute approximate surface area is 118 Å². The summed E-state index contributed by atoms with van der Waals surface area (Å²) in [6.45, 7) is 8.57. The zero-order chi connectivity index (χ0) is 14.9. The number of hydrogen-bond acceptors (Lipinski definition) is 1. The zero-order valence-corrected chi connectivity index (χ0v) is 12.3. The highest BCUT2D eigenvalue weighted by molar-refractivity contribution is 5.20. The summed E-state index contributed by atoms with van der Waals surface area (Å²) in [6, 6.07) is 1.50. The molecule has 0 amide bonds. The van der Waals surface area contributed by atoms with E-state index in [9.17, 15) is 13.2 Å². The molecule has 4 heteroatoms. The molecule has 0 bridgehead atoms. The van der Waals surface area contributed by atoms with Crippen molar-refractivity contribution in [2.24, 2.45) is 11.3 Å². The second-order valence-corrected chi connectivity index (χ2v) is 6.76. The van der Waals surface area contributed by atoms with Gasteiger partial charge in [0.1, 0.15) is 17.5 Å². The Balaban J connectivity index is 2.00. The lowest BCUT2D eigenvalue weighted by Gasteiger charge is -2.38. The topological polar surface area (TPSA) is 3.24 Å². The van der Waals surface area contributed by atoms with Crippen LogP contribution in [0.25, 0.3) is 0 Å². The van der Waals surface area contributed by atoms with Crippen LogP contribution in [0, 0.1) is 28.8 Å². The minimum Gasteiger partial charge on any atom is -0.299 e. The molecule has 1 aromatic carbocycles. The summed E-state index contributed by atoms with van der Waals surface area (Å²) in [4.78, 5) is 2.04. The van der Waals surface area contributed by atoms with Gasteiger partial charge < -0.3 is 0 Å². The summed E-state index contributed by atoms with van der Waals surface area (Å²) in [5.41, 5.74) is 0.249. The Morgan fingerprint density at radius 1 is 1.05 bits per heavy atom. The molecule has 20 heavy (non-hydrogen) atoms. The number of halogens is 3. The summed E-state index contributed by atoms with van der Waals surface area (Å²) >= 11 is 0. The monoisotopic (exact) mass is 285 g/mol. The molecule has 0 saturated carbocycles. The molecule has 1 aliphatic heterocycles. The quantitative estimate of drug-likeness (QED) is 0.780. The maximum absolute atomic E-state index is 13.6. The highest BCUT2D eigenvalue weighted by Gasteiger charge is 2.29. The minimum absolute atomic E-state index is 0.0272. The molecule has 1 aromatic rings. The molecule has 0 spiro atoms. The maximum Gasteiger partial charge on any atom is 0.133 e. The van der Waals surface area contributed by atoms with Crippen LogP contribution < -0.4 is 0 Å². The van der Waals surface area contributed by atoms with Crippen molar-refractivity contribution in [3.63, 3.8) is 0 Å². The molecule has 1 heterocycles. The summed E-state index contributed by atoms with van der Waals surface area (Å²) in [7, 11) is 0. The van der Waals surface area contributed by atoms with Gasteiger partial charge in [-0.25, -0.2) is 13.2 Å². The molecule has 0 atom stereocenters. The molecular weight excluding hydrogens is 263 g/mol. The highest BCUT2D eigenvalue weighted by Crippen LogP contribution is 2.34. The van der Waals surface area contributed by atoms with E-state index in [0.717, 1.165) is 38.1 Å². The van der Waals surface area contributed by atoms with Crippen LogP contribution in [0.3, 0.4) is 0 Å². The van der Waals surface area contributed by atoms with Crippen molar-refractivity contribution in [3.8, 4) is 0 Å². The van der Waals surface area contributed by atoms with Gasteiger partial charge in [0, 0.05) is 24.2 Å². The second-order valence-electron chi connectivity index (χ2n) is 6.76. The average Bonchev–Trinajstić information content (AvgIpc) is 2.33. The van der Waals surface area contributed by atoms with E-state index in [0.29, 0.717) is 5.92 Å². The van der Waals surface area contributed by atoms with Crippen molar-refractivity contribution in [1.82, 2.24) is 4.90 Å². The van der Waals surface area contributed by atoms with Crippen molar-refractivity contribution in [3.05, 3.63) is 35.1 Å². The van der Waals surface area contributed by atoms with Gasteiger partial charge >= 0.3 is 0 Å². The smallest absolute Gasteiger partial charge is 0.133 e. The normalized spacial score (nSPS) is 18.5. The second kappa shape index (κ2) is 5.76.